The van der Waals surface area contributed by atoms with Crippen molar-refractivity contribution in [3.8, 4) is 11.8 Å². The molecule has 0 spiro atoms. The molecule has 0 aliphatic carbocycles. The summed E-state index contributed by atoms with van der Waals surface area (Å²) >= 11 is 5.83. The first-order valence-corrected chi connectivity index (χ1v) is 8.88. The Kier molecular flexibility index (Phi) is 8.05. The highest BCUT2D eigenvalue weighted by Gasteiger charge is 2.19. The molecule has 2 aromatic rings. The van der Waals surface area contributed by atoms with Crippen LogP contribution in [0, 0.1) is 17.1 Å². The highest BCUT2D eigenvalue weighted by atomic mass is 35.5. The predicted octanol–water partition coefficient (Wildman–Crippen LogP) is 3.74. The third-order valence-corrected chi connectivity index (χ3v) is 4.10. The molecule has 0 bridgehead atoms. The van der Waals surface area contributed by atoms with Gasteiger partial charge in [-0.25, -0.2) is 4.39 Å². The van der Waals surface area contributed by atoms with Crippen LogP contribution in [0.3, 0.4) is 0 Å². The van der Waals surface area contributed by atoms with Gasteiger partial charge in [0.1, 0.15) is 18.2 Å². The maximum Gasteiger partial charge on any atom is 0.241 e. The van der Waals surface area contributed by atoms with E-state index in [2.05, 4.69) is 0 Å². The van der Waals surface area contributed by atoms with E-state index >= 15 is 0 Å². The highest BCUT2D eigenvalue weighted by Crippen LogP contribution is 2.19. The zero-order valence-electron chi connectivity index (χ0n) is 15.1. The molecule has 0 N–H and O–H groups in total. The number of anilines is 1. The number of likely N-dealkylation sites (N-methyl/N-ethyl adjacent to an activating group) is 1. The molecule has 0 atom stereocenters. The summed E-state index contributed by atoms with van der Waals surface area (Å²) in [7, 11) is 1.78. The number of hydrogen-bond donors (Lipinski definition) is 0. The molecule has 0 radical (unpaired) electrons. The number of rotatable bonds is 9. The average Bonchev–Trinajstić information content (AvgIpc) is 2.65. The Labute approximate surface area is 163 Å². The first-order valence-electron chi connectivity index (χ1n) is 8.50. The molecule has 0 aromatic heterocycles. The van der Waals surface area contributed by atoms with Crippen LogP contribution in [-0.2, 0) is 4.79 Å². The number of ether oxygens (including phenoxy) is 1. The van der Waals surface area contributed by atoms with Crippen LogP contribution in [0.25, 0.3) is 0 Å². The Balaban J connectivity index is 1.90. The predicted molar refractivity (Wildman–Crippen MR) is 103 cm³/mol. The molecular formula is C20H21ClFN3O2. The van der Waals surface area contributed by atoms with Crippen molar-refractivity contribution in [2.75, 3.05) is 38.2 Å². The van der Waals surface area contributed by atoms with Gasteiger partial charge in [-0.1, -0.05) is 23.7 Å². The van der Waals surface area contributed by atoms with Crippen molar-refractivity contribution in [1.82, 2.24) is 4.90 Å². The number of carbonyl (C=O) groups is 1. The van der Waals surface area contributed by atoms with E-state index in [4.69, 9.17) is 21.6 Å². The number of amides is 1. The number of nitriles is 1. The molecule has 0 aliphatic rings. The number of nitrogens with zero attached hydrogens (tertiary/aromatic N) is 3. The van der Waals surface area contributed by atoms with E-state index in [-0.39, 0.29) is 31.1 Å². The lowest BCUT2D eigenvalue weighted by molar-refractivity contribution is -0.119. The molecule has 0 fully saturated rings. The minimum absolute atomic E-state index is 0.0870. The monoisotopic (exact) mass is 389 g/mol. The summed E-state index contributed by atoms with van der Waals surface area (Å²) in [6.45, 7) is 1.14. The van der Waals surface area contributed by atoms with Crippen LogP contribution in [0.15, 0.2) is 48.5 Å². The molecule has 2 aromatic carbocycles. The molecule has 7 heteroatoms. The normalized spacial score (nSPS) is 10.5. The lowest BCUT2D eigenvalue weighted by atomic mass is 10.2. The number of halogens is 2. The van der Waals surface area contributed by atoms with Crippen LogP contribution >= 0.6 is 11.6 Å². The van der Waals surface area contributed by atoms with Crippen LogP contribution in [0.2, 0.25) is 5.02 Å². The van der Waals surface area contributed by atoms with E-state index in [1.807, 2.05) is 6.07 Å². The smallest absolute Gasteiger partial charge is 0.241 e. The van der Waals surface area contributed by atoms with Gasteiger partial charge in [-0.3, -0.25) is 9.69 Å². The van der Waals surface area contributed by atoms with Crippen molar-refractivity contribution < 1.29 is 13.9 Å². The first-order chi connectivity index (χ1) is 13.0. The lowest BCUT2D eigenvalue weighted by Gasteiger charge is -2.25. The molecule has 2 rings (SSSR count). The zero-order valence-corrected chi connectivity index (χ0v) is 15.8. The van der Waals surface area contributed by atoms with Crippen molar-refractivity contribution in [3.63, 3.8) is 0 Å². The zero-order chi connectivity index (χ0) is 19.6. The van der Waals surface area contributed by atoms with E-state index < -0.39 is 5.82 Å². The SMILES string of the molecule is CN(CCOc1ccc(Cl)cc1)CC(=O)N(CCC#N)c1ccccc1F. The van der Waals surface area contributed by atoms with E-state index in [1.165, 1.54) is 17.0 Å². The third kappa shape index (κ3) is 6.55. The van der Waals surface area contributed by atoms with Gasteiger partial charge in [-0.15, -0.1) is 0 Å². The van der Waals surface area contributed by atoms with Crippen LogP contribution in [0.1, 0.15) is 6.42 Å². The summed E-state index contributed by atoms with van der Waals surface area (Å²) in [5.74, 6) is -0.0667. The van der Waals surface area contributed by atoms with Crippen LogP contribution in [0.5, 0.6) is 5.75 Å². The standard InChI is InChI=1S/C20H21ClFN3O2/c1-24(13-14-27-17-9-7-16(21)8-10-17)15-20(26)25(12-4-11-23)19-6-3-2-5-18(19)22/h2-3,5-10H,4,12-15H2,1H3. The number of benzene rings is 2. The molecule has 0 aliphatic heterocycles. The van der Waals surface area contributed by atoms with Crippen molar-refractivity contribution >= 4 is 23.2 Å². The second-order valence-corrected chi connectivity index (χ2v) is 6.38. The first kappa shape index (κ1) is 20.7. The van der Waals surface area contributed by atoms with E-state index in [9.17, 15) is 9.18 Å². The van der Waals surface area contributed by atoms with Gasteiger partial charge >= 0.3 is 0 Å². The Morgan fingerprint density at radius 1 is 1.19 bits per heavy atom. The summed E-state index contributed by atoms with van der Waals surface area (Å²) in [6.07, 6.45) is 0.128. The molecule has 142 valence electrons. The fourth-order valence-corrected chi connectivity index (χ4v) is 2.58. The van der Waals surface area contributed by atoms with Gasteiger partial charge in [-0.05, 0) is 43.4 Å². The number of para-hydroxylation sites is 1. The Hall–Kier alpha value is -2.62. The summed E-state index contributed by atoms with van der Waals surface area (Å²) in [5.41, 5.74) is 0.184. The van der Waals surface area contributed by atoms with Gasteiger partial charge in [0.05, 0.1) is 24.7 Å². The maximum absolute atomic E-state index is 14.1. The molecule has 0 saturated heterocycles. The van der Waals surface area contributed by atoms with Gasteiger partial charge < -0.3 is 9.64 Å². The average molecular weight is 390 g/mol. The van der Waals surface area contributed by atoms with Crippen LogP contribution < -0.4 is 9.64 Å². The van der Waals surface area contributed by atoms with Crippen molar-refractivity contribution in [2.24, 2.45) is 0 Å². The number of hydrogen-bond acceptors (Lipinski definition) is 4. The van der Waals surface area contributed by atoms with Crippen LogP contribution in [-0.4, -0.2) is 44.1 Å². The summed E-state index contributed by atoms with van der Waals surface area (Å²) in [6, 6.07) is 15.1. The van der Waals surface area contributed by atoms with Crippen molar-refractivity contribution in [2.45, 2.75) is 6.42 Å². The van der Waals surface area contributed by atoms with Gasteiger partial charge in [-0.2, -0.15) is 5.26 Å². The molecule has 0 heterocycles. The molecule has 27 heavy (non-hydrogen) atoms. The molecule has 0 saturated carbocycles. The van der Waals surface area contributed by atoms with Crippen molar-refractivity contribution in [1.29, 1.82) is 5.26 Å². The summed E-state index contributed by atoms with van der Waals surface area (Å²) in [4.78, 5) is 15.7. The Morgan fingerprint density at radius 3 is 2.56 bits per heavy atom. The minimum atomic E-state index is -0.488. The van der Waals surface area contributed by atoms with E-state index in [0.29, 0.717) is 23.9 Å². The Morgan fingerprint density at radius 2 is 1.89 bits per heavy atom. The van der Waals surface area contributed by atoms with E-state index in [1.54, 1.807) is 48.3 Å². The maximum atomic E-state index is 14.1. The number of carbonyl (C=O) groups excluding carboxylic acids is 1. The molecule has 5 nitrogen and oxygen atoms in total. The van der Waals surface area contributed by atoms with Gasteiger partial charge in [0.2, 0.25) is 5.91 Å². The fraction of sp³-hybridized carbons (Fsp3) is 0.300. The van der Waals surface area contributed by atoms with Gasteiger partial charge in [0.25, 0.3) is 0 Å². The molecular weight excluding hydrogens is 369 g/mol. The molecule has 1 amide bonds. The largest absolute Gasteiger partial charge is 0.492 e. The van der Waals surface area contributed by atoms with Gasteiger partial charge in [0.15, 0.2) is 0 Å². The lowest BCUT2D eigenvalue weighted by Crippen LogP contribution is -2.41. The van der Waals surface area contributed by atoms with Crippen molar-refractivity contribution in [3.05, 3.63) is 59.4 Å². The van der Waals surface area contributed by atoms with Crippen LogP contribution in [0.4, 0.5) is 10.1 Å². The van der Waals surface area contributed by atoms with E-state index in [0.717, 1.165) is 0 Å². The minimum Gasteiger partial charge on any atom is -0.492 e. The second-order valence-electron chi connectivity index (χ2n) is 5.95. The fourth-order valence-electron chi connectivity index (χ4n) is 2.46. The Bertz CT molecular complexity index is 793. The second kappa shape index (κ2) is 10.5. The summed E-state index contributed by atoms with van der Waals surface area (Å²) < 4.78 is 19.7. The third-order valence-electron chi connectivity index (χ3n) is 3.85. The van der Waals surface area contributed by atoms with Gasteiger partial charge in [0, 0.05) is 18.1 Å². The quantitative estimate of drug-likeness (QED) is 0.655. The topological polar surface area (TPSA) is 56.6 Å². The summed E-state index contributed by atoms with van der Waals surface area (Å²) in [5, 5.41) is 9.45. The highest BCUT2D eigenvalue weighted by molar-refractivity contribution is 6.30. The molecule has 0 unspecified atom stereocenters.